The van der Waals surface area contributed by atoms with E-state index in [1.54, 1.807) is 0 Å². The van der Waals surface area contributed by atoms with E-state index >= 15 is 0 Å². The van der Waals surface area contributed by atoms with Crippen LogP contribution in [0.1, 0.15) is 24.8 Å². The number of rotatable bonds is 7. The predicted molar refractivity (Wildman–Crippen MR) is 77.1 cm³/mol. The molecule has 0 saturated heterocycles. The Morgan fingerprint density at radius 2 is 2.12 bits per heavy atom. The average molecular weight is 272 g/mol. The van der Waals surface area contributed by atoms with Crippen LogP contribution in [0.2, 0.25) is 10.0 Å². The van der Waals surface area contributed by atoms with Gasteiger partial charge in [0.1, 0.15) is 0 Å². The van der Waals surface area contributed by atoms with Crippen molar-refractivity contribution in [2.45, 2.75) is 31.7 Å². The Hall–Kier alpha value is -0.500. The molecule has 0 heterocycles. The molecule has 0 saturated carbocycles. The van der Waals surface area contributed by atoms with Gasteiger partial charge in [0.25, 0.3) is 0 Å². The number of benzene rings is 1. The van der Waals surface area contributed by atoms with Crippen molar-refractivity contribution in [2.75, 3.05) is 7.05 Å². The Labute approximate surface area is 114 Å². The van der Waals surface area contributed by atoms with Crippen molar-refractivity contribution in [3.8, 4) is 0 Å². The first kappa shape index (κ1) is 14.6. The highest BCUT2D eigenvalue weighted by Gasteiger charge is 2.08. The molecule has 1 nitrogen and oxygen atoms in total. The van der Waals surface area contributed by atoms with Crippen molar-refractivity contribution in [1.29, 1.82) is 0 Å². The Balaban J connectivity index is 2.54. The van der Waals surface area contributed by atoms with E-state index in [1.807, 2.05) is 31.3 Å². The molecule has 1 rings (SSSR count). The Bertz CT molecular complexity index is 363. The zero-order chi connectivity index (χ0) is 12.7. The molecule has 0 aliphatic carbocycles. The number of hydrogen-bond acceptors (Lipinski definition) is 1. The standard InChI is InChI=1S/C14H19Cl2N/c1-3-4-5-6-12(17-2)9-11-7-8-13(15)14(16)10-11/h3,7-8,10,12,17H,1,4-6,9H2,2H3. The van der Waals surface area contributed by atoms with Gasteiger partial charge in [-0.2, -0.15) is 0 Å². The Morgan fingerprint density at radius 1 is 1.35 bits per heavy atom. The fourth-order valence-corrected chi connectivity index (χ4v) is 2.13. The van der Waals surface area contributed by atoms with Crippen LogP contribution < -0.4 is 5.32 Å². The van der Waals surface area contributed by atoms with E-state index < -0.39 is 0 Å². The van der Waals surface area contributed by atoms with E-state index in [2.05, 4.69) is 11.9 Å². The van der Waals surface area contributed by atoms with Gasteiger partial charge in [0, 0.05) is 6.04 Å². The molecule has 0 aliphatic rings. The molecule has 1 aromatic carbocycles. The molecular weight excluding hydrogens is 253 g/mol. The highest BCUT2D eigenvalue weighted by Crippen LogP contribution is 2.23. The summed E-state index contributed by atoms with van der Waals surface area (Å²) in [6.45, 7) is 3.74. The molecular formula is C14H19Cl2N. The van der Waals surface area contributed by atoms with Crippen molar-refractivity contribution in [1.82, 2.24) is 5.32 Å². The molecule has 1 unspecified atom stereocenters. The molecule has 1 atom stereocenters. The minimum atomic E-state index is 0.479. The summed E-state index contributed by atoms with van der Waals surface area (Å²) in [7, 11) is 2.00. The van der Waals surface area contributed by atoms with Crippen molar-refractivity contribution in [3.63, 3.8) is 0 Å². The molecule has 0 amide bonds. The second-order valence-electron chi connectivity index (χ2n) is 4.16. The Kier molecular flexibility index (Phi) is 6.64. The van der Waals surface area contributed by atoms with Crippen molar-refractivity contribution in [3.05, 3.63) is 46.5 Å². The molecule has 3 heteroatoms. The molecule has 0 bridgehead atoms. The lowest BCUT2D eigenvalue weighted by Crippen LogP contribution is -2.27. The maximum atomic E-state index is 6.00. The van der Waals surface area contributed by atoms with Gasteiger partial charge in [-0.1, -0.05) is 35.3 Å². The maximum absolute atomic E-state index is 6.00. The second-order valence-corrected chi connectivity index (χ2v) is 4.97. The van der Waals surface area contributed by atoms with Gasteiger partial charge in [0.15, 0.2) is 0 Å². The topological polar surface area (TPSA) is 12.0 Å². The molecule has 0 aromatic heterocycles. The molecule has 0 aliphatic heterocycles. The average Bonchev–Trinajstić information content (AvgIpc) is 2.32. The third kappa shape index (κ3) is 5.12. The number of hydrogen-bond donors (Lipinski definition) is 1. The number of halogens is 2. The lowest BCUT2D eigenvalue weighted by molar-refractivity contribution is 0.504. The summed E-state index contributed by atoms with van der Waals surface area (Å²) in [4.78, 5) is 0. The SMILES string of the molecule is C=CCCCC(Cc1ccc(Cl)c(Cl)c1)NC. The maximum Gasteiger partial charge on any atom is 0.0595 e. The van der Waals surface area contributed by atoms with Crippen LogP contribution in [0.15, 0.2) is 30.9 Å². The minimum absolute atomic E-state index is 0.479. The van der Waals surface area contributed by atoms with Crippen LogP contribution in [0.3, 0.4) is 0 Å². The quantitative estimate of drug-likeness (QED) is 0.570. The van der Waals surface area contributed by atoms with Crippen LogP contribution in [0.25, 0.3) is 0 Å². The number of unbranched alkanes of at least 4 members (excludes halogenated alkanes) is 1. The zero-order valence-corrected chi connectivity index (χ0v) is 11.7. The monoisotopic (exact) mass is 271 g/mol. The highest BCUT2D eigenvalue weighted by molar-refractivity contribution is 6.42. The first-order valence-corrected chi connectivity index (χ1v) is 6.65. The fourth-order valence-electron chi connectivity index (χ4n) is 1.81. The molecule has 1 N–H and O–H groups in total. The minimum Gasteiger partial charge on any atom is -0.317 e. The van der Waals surface area contributed by atoms with E-state index in [0.29, 0.717) is 16.1 Å². The van der Waals surface area contributed by atoms with E-state index in [0.717, 1.165) is 25.7 Å². The molecule has 94 valence electrons. The molecule has 0 radical (unpaired) electrons. The summed E-state index contributed by atoms with van der Waals surface area (Å²) in [6.07, 6.45) is 6.31. The molecule has 0 fully saturated rings. The smallest absolute Gasteiger partial charge is 0.0595 e. The van der Waals surface area contributed by atoms with Crippen LogP contribution in [0, 0.1) is 0 Å². The van der Waals surface area contributed by atoms with Gasteiger partial charge in [0.2, 0.25) is 0 Å². The number of likely N-dealkylation sites (N-methyl/N-ethyl adjacent to an activating group) is 1. The van der Waals surface area contributed by atoms with Gasteiger partial charge in [-0.15, -0.1) is 6.58 Å². The largest absolute Gasteiger partial charge is 0.317 e. The predicted octanol–water partition coefficient (Wildman–Crippen LogP) is 4.48. The van der Waals surface area contributed by atoms with E-state index in [1.165, 1.54) is 5.56 Å². The van der Waals surface area contributed by atoms with Crippen molar-refractivity contribution in [2.24, 2.45) is 0 Å². The highest BCUT2D eigenvalue weighted by atomic mass is 35.5. The summed E-state index contributed by atoms with van der Waals surface area (Å²) in [5.74, 6) is 0. The first-order chi connectivity index (χ1) is 8.17. The zero-order valence-electron chi connectivity index (χ0n) is 10.2. The lowest BCUT2D eigenvalue weighted by Gasteiger charge is -2.16. The van der Waals surface area contributed by atoms with Gasteiger partial charge in [-0.25, -0.2) is 0 Å². The second kappa shape index (κ2) is 7.75. The normalized spacial score (nSPS) is 12.4. The summed E-state index contributed by atoms with van der Waals surface area (Å²) in [5.41, 5.74) is 1.22. The summed E-state index contributed by atoms with van der Waals surface area (Å²) in [6, 6.07) is 6.32. The van der Waals surface area contributed by atoms with Gasteiger partial charge in [0.05, 0.1) is 10.0 Å². The van der Waals surface area contributed by atoms with Gasteiger partial charge < -0.3 is 5.32 Å². The number of allylic oxidation sites excluding steroid dienone is 1. The van der Waals surface area contributed by atoms with Crippen LogP contribution in [0.4, 0.5) is 0 Å². The van der Waals surface area contributed by atoms with Crippen molar-refractivity contribution < 1.29 is 0 Å². The molecule has 17 heavy (non-hydrogen) atoms. The lowest BCUT2D eigenvalue weighted by atomic mass is 10.0. The fraction of sp³-hybridized carbons (Fsp3) is 0.429. The van der Waals surface area contributed by atoms with E-state index in [4.69, 9.17) is 23.2 Å². The van der Waals surface area contributed by atoms with Gasteiger partial charge in [-0.05, 0) is 50.4 Å². The van der Waals surface area contributed by atoms with Gasteiger partial charge >= 0.3 is 0 Å². The van der Waals surface area contributed by atoms with Crippen LogP contribution >= 0.6 is 23.2 Å². The summed E-state index contributed by atoms with van der Waals surface area (Å²) >= 11 is 11.9. The van der Waals surface area contributed by atoms with Gasteiger partial charge in [-0.3, -0.25) is 0 Å². The molecule has 1 aromatic rings. The third-order valence-corrected chi connectivity index (χ3v) is 3.57. The van der Waals surface area contributed by atoms with Crippen LogP contribution in [-0.2, 0) is 6.42 Å². The Morgan fingerprint density at radius 3 is 2.71 bits per heavy atom. The van der Waals surface area contributed by atoms with E-state index in [-0.39, 0.29) is 0 Å². The number of nitrogens with one attached hydrogen (secondary N) is 1. The van der Waals surface area contributed by atoms with Crippen LogP contribution in [0.5, 0.6) is 0 Å². The van der Waals surface area contributed by atoms with Crippen LogP contribution in [-0.4, -0.2) is 13.1 Å². The summed E-state index contributed by atoms with van der Waals surface area (Å²) < 4.78 is 0. The molecule has 0 spiro atoms. The summed E-state index contributed by atoms with van der Waals surface area (Å²) in [5, 5.41) is 4.58. The first-order valence-electron chi connectivity index (χ1n) is 5.89. The van der Waals surface area contributed by atoms with Crippen molar-refractivity contribution >= 4 is 23.2 Å². The third-order valence-electron chi connectivity index (χ3n) is 2.84. The van der Waals surface area contributed by atoms with E-state index in [9.17, 15) is 0 Å².